The third-order valence-corrected chi connectivity index (χ3v) is 3.13. The molecule has 0 aromatic heterocycles. The predicted molar refractivity (Wildman–Crippen MR) is 59.9 cm³/mol. The molecule has 0 aromatic carbocycles. The highest BCUT2D eigenvalue weighted by atomic mass is 16.2. The maximum atomic E-state index is 12.0. The predicted octanol–water partition coefficient (Wildman–Crippen LogP) is 1.47. The number of nitrogens with zero attached hydrogens (tertiary/aromatic N) is 1. The summed E-state index contributed by atoms with van der Waals surface area (Å²) in [6.45, 7) is 10.5. The lowest BCUT2D eigenvalue weighted by Gasteiger charge is -2.37. The number of likely N-dealkylation sites (N-methyl/N-ethyl adjacent to an activating group) is 1. The Hall–Kier alpha value is -0.570. The van der Waals surface area contributed by atoms with Gasteiger partial charge in [-0.25, -0.2) is 0 Å². The van der Waals surface area contributed by atoms with Gasteiger partial charge in [-0.1, -0.05) is 20.8 Å². The van der Waals surface area contributed by atoms with Gasteiger partial charge in [0.25, 0.3) is 0 Å². The zero-order valence-corrected chi connectivity index (χ0v) is 10.3. The van der Waals surface area contributed by atoms with Crippen LogP contribution >= 0.6 is 0 Å². The van der Waals surface area contributed by atoms with Gasteiger partial charge in [0.05, 0.1) is 0 Å². The Kier molecular flexibility index (Phi) is 4.59. The Morgan fingerprint density at radius 1 is 1.36 bits per heavy atom. The summed E-state index contributed by atoms with van der Waals surface area (Å²) in [5.74, 6) is 0.611. The Morgan fingerprint density at radius 3 is 2.07 bits per heavy atom. The van der Waals surface area contributed by atoms with Gasteiger partial charge in [0, 0.05) is 25.0 Å². The molecule has 0 rings (SSSR count). The van der Waals surface area contributed by atoms with Crippen molar-refractivity contribution in [2.75, 3.05) is 13.6 Å². The van der Waals surface area contributed by atoms with Crippen LogP contribution < -0.4 is 5.73 Å². The minimum absolute atomic E-state index is 0.0609. The fourth-order valence-corrected chi connectivity index (χ4v) is 1.03. The number of hydrogen-bond acceptors (Lipinski definition) is 2. The molecule has 0 saturated heterocycles. The standard InChI is InChI=1S/C11H24N2O/c1-8(2)9(3)10(14)13(6)11(4,5)7-12/h8-9H,7,12H2,1-6H3. The highest BCUT2D eigenvalue weighted by molar-refractivity contribution is 5.79. The lowest BCUT2D eigenvalue weighted by atomic mass is 9.94. The summed E-state index contributed by atoms with van der Waals surface area (Å²) >= 11 is 0. The van der Waals surface area contributed by atoms with E-state index < -0.39 is 0 Å². The molecule has 3 nitrogen and oxygen atoms in total. The van der Waals surface area contributed by atoms with Gasteiger partial charge in [-0.3, -0.25) is 4.79 Å². The fourth-order valence-electron chi connectivity index (χ4n) is 1.03. The van der Waals surface area contributed by atoms with Crippen LogP contribution in [0.4, 0.5) is 0 Å². The zero-order chi connectivity index (χ0) is 11.5. The smallest absolute Gasteiger partial charge is 0.225 e. The van der Waals surface area contributed by atoms with Crippen molar-refractivity contribution < 1.29 is 4.79 Å². The van der Waals surface area contributed by atoms with Gasteiger partial charge in [-0.05, 0) is 19.8 Å². The third-order valence-electron chi connectivity index (χ3n) is 3.13. The van der Waals surface area contributed by atoms with Crippen LogP contribution in [-0.4, -0.2) is 29.9 Å². The van der Waals surface area contributed by atoms with E-state index in [2.05, 4.69) is 13.8 Å². The molecule has 0 aromatic rings. The van der Waals surface area contributed by atoms with Gasteiger partial charge in [-0.15, -0.1) is 0 Å². The average molecular weight is 200 g/mol. The van der Waals surface area contributed by atoms with E-state index in [0.29, 0.717) is 12.5 Å². The molecule has 0 fully saturated rings. The molecule has 0 heterocycles. The van der Waals surface area contributed by atoms with Crippen molar-refractivity contribution in [1.29, 1.82) is 0 Å². The molecule has 0 bridgehead atoms. The third kappa shape index (κ3) is 2.98. The minimum Gasteiger partial charge on any atom is -0.339 e. The number of hydrogen-bond donors (Lipinski definition) is 1. The maximum Gasteiger partial charge on any atom is 0.225 e. The summed E-state index contributed by atoms with van der Waals surface area (Å²) in [6.07, 6.45) is 0. The van der Waals surface area contributed by atoms with Gasteiger partial charge in [0.1, 0.15) is 0 Å². The van der Waals surface area contributed by atoms with Crippen LogP contribution in [0, 0.1) is 11.8 Å². The SMILES string of the molecule is CC(C)C(C)C(=O)N(C)C(C)(C)CN. The van der Waals surface area contributed by atoms with Gasteiger partial charge < -0.3 is 10.6 Å². The van der Waals surface area contributed by atoms with Gasteiger partial charge in [-0.2, -0.15) is 0 Å². The van der Waals surface area contributed by atoms with Crippen molar-refractivity contribution in [3.05, 3.63) is 0 Å². The molecular formula is C11H24N2O. The largest absolute Gasteiger partial charge is 0.339 e. The number of nitrogens with two attached hydrogens (primary N) is 1. The molecule has 14 heavy (non-hydrogen) atoms. The molecule has 0 aliphatic heterocycles. The monoisotopic (exact) mass is 200 g/mol. The first-order valence-corrected chi connectivity index (χ1v) is 5.21. The van der Waals surface area contributed by atoms with Crippen molar-refractivity contribution in [2.45, 2.75) is 40.2 Å². The lowest BCUT2D eigenvalue weighted by molar-refractivity contribution is -0.139. The van der Waals surface area contributed by atoms with Crippen LogP contribution in [-0.2, 0) is 4.79 Å². The van der Waals surface area contributed by atoms with E-state index in [1.54, 1.807) is 4.90 Å². The maximum absolute atomic E-state index is 12.0. The van der Waals surface area contributed by atoms with Crippen molar-refractivity contribution in [3.63, 3.8) is 0 Å². The second-order valence-corrected chi connectivity index (χ2v) is 4.95. The molecule has 2 N–H and O–H groups in total. The highest BCUT2D eigenvalue weighted by Crippen LogP contribution is 2.18. The molecule has 0 aliphatic rings. The quantitative estimate of drug-likeness (QED) is 0.747. The highest BCUT2D eigenvalue weighted by Gasteiger charge is 2.29. The van der Waals surface area contributed by atoms with E-state index >= 15 is 0 Å². The Labute approximate surface area is 87.6 Å². The van der Waals surface area contributed by atoms with E-state index in [4.69, 9.17) is 5.73 Å². The lowest BCUT2D eigenvalue weighted by Crippen LogP contribution is -2.52. The van der Waals surface area contributed by atoms with Crippen LogP contribution in [0.3, 0.4) is 0 Å². The summed E-state index contributed by atoms with van der Waals surface area (Å²) in [4.78, 5) is 13.7. The molecule has 0 spiro atoms. The molecular weight excluding hydrogens is 176 g/mol. The van der Waals surface area contributed by atoms with Crippen LogP contribution in [0.15, 0.2) is 0 Å². The van der Waals surface area contributed by atoms with E-state index in [0.717, 1.165) is 0 Å². The van der Waals surface area contributed by atoms with Crippen LogP contribution in [0.1, 0.15) is 34.6 Å². The van der Waals surface area contributed by atoms with Gasteiger partial charge in [0.2, 0.25) is 5.91 Å². The molecule has 1 unspecified atom stereocenters. The van der Waals surface area contributed by atoms with E-state index in [1.165, 1.54) is 0 Å². The second kappa shape index (κ2) is 4.78. The number of carbonyl (C=O) groups is 1. The van der Waals surface area contributed by atoms with Gasteiger partial charge in [0.15, 0.2) is 0 Å². The number of carbonyl (C=O) groups excluding carboxylic acids is 1. The minimum atomic E-state index is -0.250. The molecule has 84 valence electrons. The first-order valence-electron chi connectivity index (χ1n) is 5.21. The number of rotatable bonds is 4. The topological polar surface area (TPSA) is 46.3 Å². The summed E-state index contributed by atoms with van der Waals surface area (Å²) in [5.41, 5.74) is 5.38. The van der Waals surface area contributed by atoms with Crippen LogP contribution in [0.5, 0.6) is 0 Å². The van der Waals surface area contributed by atoms with E-state index in [9.17, 15) is 4.79 Å². The van der Waals surface area contributed by atoms with Crippen molar-refractivity contribution in [3.8, 4) is 0 Å². The molecule has 3 heteroatoms. The van der Waals surface area contributed by atoms with Gasteiger partial charge >= 0.3 is 0 Å². The molecule has 0 aliphatic carbocycles. The molecule has 0 radical (unpaired) electrons. The molecule has 1 atom stereocenters. The molecule has 1 amide bonds. The van der Waals surface area contributed by atoms with E-state index in [1.807, 2.05) is 27.8 Å². The first-order chi connectivity index (χ1) is 6.24. The fraction of sp³-hybridized carbons (Fsp3) is 0.909. The summed E-state index contributed by atoms with van der Waals surface area (Å²) < 4.78 is 0. The normalized spacial score (nSPS) is 14.3. The Bertz CT molecular complexity index is 199. The van der Waals surface area contributed by atoms with Crippen molar-refractivity contribution in [1.82, 2.24) is 4.90 Å². The summed E-state index contributed by atoms with van der Waals surface area (Å²) in [6, 6.07) is 0. The van der Waals surface area contributed by atoms with Crippen molar-refractivity contribution in [2.24, 2.45) is 17.6 Å². The zero-order valence-electron chi connectivity index (χ0n) is 10.3. The van der Waals surface area contributed by atoms with Crippen LogP contribution in [0.25, 0.3) is 0 Å². The summed E-state index contributed by atoms with van der Waals surface area (Å²) in [5, 5.41) is 0. The summed E-state index contributed by atoms with van der Waals surface area (Å²) in [7, 11) is 1.83. The van der Waals surface area contributed by atoms with Crippen molar-refractivity contribution >= 4 is 5.91 Å². The second-order valence-electron chi connectivity index (χ2n) is 4.95. The van der Waals surface area contributed by atoms with Crippen LogP contribution in [0.2, 0.25) is 0 Å². The Balaban J connectivity index is 4.55. The number of amides is 1. The first kappa shape index (κ1) is 13.4. The average Bonchev–Trinajstić information content (AvgIpc) is 2.14. The Morgan fingerprint density at radius 2 is 1.79 bits per heavy atom. The molecule has 0 saturated carbocycles. The van der Waals surface area contributed by atoms with E-state index in [-0.39, 0.29) is 17.4 Å².